The summed E-state index contributed by atoms with van der Waals surface area (Å²) in [5.74, 6) is 0. The van der Waals surface area contributed by atoms with E-state index in [-0.39, 0.29) is 6.04 Å². The highest BCUT2D eigenvalue weighted by molar-refractivity contribution is 7.90. The summed E-state index contributed by atoms with van der Waals surface area (Å²) in [4.78, 5) is 0. The number of anilines is 1. The largest absolute Gasteiger partial charge is 0.313 e. The van der Waals surface area contributed by atoms with Gasteiger partial charge in [-0.3, -0.25) is 4.72 Å². The molecule has 1 aromatic rings. The van der Waals surface area contributed by atoms with E-state index in [2.05, 4.69) is 10.0 Å². The zero-order valence-electron chi connectivity index (χ0n) is 10.1. The molecule has 1 aromatic carbocycles. The molecule has 0 spiro atoms. The van der Waals surface area contributed by atoms with E-state index in [0.29, 0.717) is 18.8 Å². The zero-order chi connectivity index (χ0) is 12.6. The van der Waals surface area contributed by atoms with Gasteiger partial charge in [0.15, 0.2) is 0 Å². The number of hydrogen-bond acceptors (Lipinski definition) is 3. The number of rotatable bonds is 2. The van der Waals surface area contributed by atoms with Crippen LogP contribution in [0.15, 0.2) is 24.3 Å². The van der Waals surface area contributed by atoms with Crippen LogP contribution in [0, 0.1) is 0 Å². The van der Waals surface area contributed by atoms with Gasteiger partial charge in [0.25, 0.3) is 0 Å². The predicted octanol–water partition coefficient (Wildman–Crippen LogP) is 0.911. The van der Waals surface area contributed by atoms with E-state index in [1.54, 1.807) is 6.07 Å². The molecule has 3 rings (SSSR count). The fourth-order valence-corrected chi connectivity index (χ4v) is 3.85. The molecule has 0 unspecified atom stereocenters. The Morgan fingerprint density at radius 2 is 2.17 bits per heavy atom. The summed E-state index contributed by atoms with van der Waals surface area (Å²) in [6, 6.07) is 7.83. The number of para-hydroxylation sites is 1. The van der Waals surface area contributed by atoms with Crippen LogP contribution < -0.4 is 10.0 Å². The van der Waals surface area contributed by atoms with Crippen molar-refractivity contribution in [3.8, 4) is 0 Å². The van der Waals surface area contributed by atoms with Gasteiger partial charge in [0.05, 0.1) is 5.69 Å². The second-order valence-corrected chi connectivity index (χ2v) is 6.52. The van der Waals surface area contributed by atoms with Gasteiger partial charge < -0.3 is 5.32 Å². The van der Waals surface area contributed by atoms with Gasteiger partial charge in [0, 0.05) is 19.1 Å². The quantitative estimate of drug-likeness (QED) is 0.837. The van der Waals surface area contributed by atoms with Crippen LogP contribution in [-0.2, 0) is 16.8 Å². The third kappa shape index (κ3) is 2.23. The molecule has 0 radical (unpaired) electrons. The van der Waals surface area contributed by atoms with E-state index in [0.717, 1.165) is 24.9 Å². The molecule has 5 nitrogen and oxygen atoms in total. The van der Waals surface area contributed by atoms with E-state index >= 15 is 0 Å². The Hall–Kier alpha value is -1.11. The van der Waals surface area contributed by atoms with Crippen molar-refractivity contribution in [1.82, 2.24) is 9.62 Å². The van der Waals surface area contributed by atoms with Gasteiger partial charge in [-0.05, 0) is 31.0 Å². The molecular weight excluding hydrogens is 250 g/mol. The maximum absolute atomic E-state index is 12.1. The van der Waals surface area contributed by atoms with E-state index in [1.807, 2.05) is 18.2 Å². The van der Waals surface area contributed by atoms with Crippen molar-refractivity contribution in [2.45, 2.75) is 25.4 Å². The third-order valence-electron chi connectivity index (χ3n) is 3.53. The van der Waals surface area contributed by atoms with Crippen LogP contribution in [0.5, 0.6) is 0 Å². The van der Waals surface area contributed by atoms with Crippen molar-refractivity contribution in [1.29, 1.82) is 0 Å². The Morgan fingerprint density at radius 3 is 2.94 bits per heavy atom. The second-order valence-electron chi connectivity index (χ2n) is 4.85. The standard InChI is InChI=1S/C12H17N3O2S/c16-18(17)14-12-6-2-1-4-10(12)8-15(18)9-11-5-3-7-13-11/h1-2,4,6,11,13-14H,3,5,7-9H2/t11-/m1/s1. The summed E-state index contributed by atoms with van der Waals surface area (Å²) in [6.45, 7) is 2.00. The fourth-order valence-electron chi connectivity index (χ4n) is 2.56. The first-order valence-corrected chi connectivity index (χ1v) is 7.68. The Balaban J connectivity index is 1.82. The highest BCUT2D eigenvalue weighted by atomic mass is 32.2. The van der Waals surface area contributed by atoms with Crippen LogP contribution in [0.25, 0.3) is 0 Å². The summed E-state index contributed by atoms with van der Waals surface area (Å²) < 4.78 is 28.4. The van der Waals surface area contributed by atoms with Crippen molar-refractivity contribution in [2.75, 3.05) is 17.8 Å². The molecule has 1 saturated heterocycles. The molecule has 6 heteroatoms. The topological polar surface area (TPSA) is 61.4 Å². The first kappa shape index (κ1) is 12.0. The van der Waals surface area contributed by atoms with Gasteiger partial charge in [0.2, 0.25) is 0 Å². The lowest BCUT2D eigenvalue weighted by molar-refractivity contribution is 0.364. The SMILES string of the molecule is O=S1(=O)Nc2ccccc2CN1C[C@H]1CCCN1. The van der Waals surface area contributed by atoms with Crippen molar-refractivity contribution >= 4 is 15.9 Å². The van der Waals surface area contributed by atoms with Crippen LogP contribution >= 0.6 is 0 Å². The molecule has 2 aliphatic rings. The molecule has 0 amide bonds. The van der Waals surface area contributed by atoms with Crippen LogP contribution in [0.3, 0.4) is 0 Å². The smallest absolute Gasteiger partial charge is 0.302 e. The van der Waals surface area contributed by atoms with Crippen molar-refractivity contribution in [3.05, 3.63) is 29.8 Å². The minimum Gasteiger partial charge on any atom is -0.313 e. The number of fused-ring (bicyclic) bond motifs is 1. The van der Waals surface area contributed by atoms with Gasteiger partial charge in [0.1, 0.15) is 0 Å². The first-order valence-electron chi connectivity index (χ1n) is 6.24. The summed E-state index contributed by atoms with van der Waals surface area (Å²) >= 11 is 0. The van der Waals surface area contributed by atoms with Crippen molar-refractivity contribution < 1.29 is 8.42 Å². The lowest BCUT2D eigenvalue weighted by atomic mass is 10.1. The number of nitrogens with one attached hydrogen (secondary N) is 2. The molecule has 0 aromatic heterocycles. The van der Waals surface area contributed by atoms with Crippen LogP contribution in [0.4, 0.5) is 5.69 Å². The number of nitrogens with zero attached hydrogens (tertiary/aromatic N) is 1. The van der Waals surface area contributed by atoms with Gasteiger partial charge >= 0.3 is 10.2 Å². The zero-order valence-corrected chi connectivity index (χ0v) is 10.9. The predicted molar refractivity (Wildman–Crippen MR) is 70.4 cm³/mol. The summed E-state index contributed by atoms with van der Waals surface area (Å²) in [5.41, 5.74) is 1.73. The Bertz CT molecular complexity index is 538. The highest BCUT2D eigenvalue weighted by Gasteiger charge is 2.31. The molecule has 2 N–H and O–H groups in total. The minimum absolute atomic E-state index is 0.284. The van der Waals surface area contributed by atoms with Gasteiger partial charge in [-0.25, -0.2) is 0 Å². The summed E-state index contributed by atoms with van der Waals surface area (Å²) in [6.07, 6.45) is 2.18. The van der Waals surface area contributed by atoms with Crippen LogP contribution in [-0.4, -0.2) is 31.9 Å². The fraction of sp³-hybridized carbons (Fsp3) is 0.500. The molecule has 2 aliphatic heterocycles. The molecule has 1 atom stereocenters. The van der Waals surface area contributed by atoms with Crippen LogP contribution in [0.2, 0.25) is 0 Å². The van der Waals surface area contributed by atoms with E-state index in [9.17, 15) is 8.42 Å². The Morgan fingerprint density at radius 1 is 1.33 bits per heavy atom. The average molecular weight is 267 g/mol. The summed E-state index contributed by atoms with van der Waals surface area (Å²) in [7, 11) is -3.38. The van der Waals surface area contributed by atoms with E-state index in [1.165, 1.54) is 4.31 Å². The second kappa shape index (κ2) is 4.53. The Labute approximate surface area is 107 Å². The third-order valence-corrected chi connectivity index (χ3v) is 4.97. The molecule has 18 heavy (non-hydrogen) atoms. The molecule has 2 heterocycles. The van der Waals surface area contributed by atoms with Gasteiger partial charge in [-0.1, -0.05) is 18.2 Å². The lowest BCUT2D eigenvalue weighted by Crippen LogP contribution is -2.45. The van der Waals surface area contributed by atoms with Gasteiger partial charge in [-0.2, -0.15) is 12.7 Å². The maximum Gasteiger partial charge on any atom is 0.302 e. The number of benzene rings is 1. The summed E-state index contributed by atoms with van der Waals surface area (Å²) in [5, 5.41) is 3.33. The molecule has 0 aliphatic carbocycles. The minimum atomic E-state index is -3.38. The lowest BCUT2D eigenvalue weighted by Gasteiger charge is -2.30. The van der Waals surface area contributed by atoms with Crippen molar-refractivity contribution in [2.24, 2.45) is 0 Å². The van der Waals surface area contributed by atoms with Crippen molar-refractivity contribution in [3.63, 3.8) is 0 Å². The maximum atomic E-state index is 12.1. The van der Waals surface area contributed by atoms with E-state index < -0.39 is 10.2 Å². The number of hydrogen-bond donors (Lipinski definition) is 2. The molecule has 0 saturated carbocycles. The monoisotopic (exact) mass is 267 g/mol. The molecule has 1 fully saturated rings. The van der Waals surface area contributed by atoms with Gasteiger partial charge in [-0.15, -0.1) is 0 Å². The van der Waals surface area contributed by atoms with E-state index in [4.69, 9.17) is 0 Å². The molecule has 0 bridgehead atoms. The molecular formula is C12H17N3O2S. The average Bonchev–Trinajstić information content (AvgIpc) is 2.82. The Kier molecular flexibility index (Phi) is 3.01. The highest BCUT2D eigenvalue weighted by Crippen LogP contribution is 2.26. The molecule has 98 valence electrons. The first-order chi connectivity index (χ1) is 8.65. The normalized spacial score (nSPS) is 26.6. The van der Waals surface area contributed by atoms with Crippen LogP contribution in [0.1, 0.15) is 18.4 Å².